The highest BCUT2D eigenvalue weighted by atomic mass is 16.3. The molecule has 0 aromatic carbocycles. The van der Waals surface area contributed by atoms with Crippen molar-refractivity contribution in [1.82, 2.24) is 0 Å². The Balaban J connectivity index is 2.51. The predicted octanol–water partition coefficient (Wildman–Crippen LogP) is 3.50. The van der Waals surface area contributed by atoms with Crippen LogP contribution in [0.5, 0.6) is 0 Å². The quantitative estimate of drug-likeness (QED) is 0.754. The van der Waals surface area contributed by atoms with Crippen molar-refractivity contribution in [2.75, 3.05) is 0 Å². The third kappa shape index (κ3) is 2.88. The SMILES string of the molecule is CCCCC(CC)C(N)c1ccco1. The Morgan fingerprint density at radius 2 is 2.21 bits per heavy atom. The zero-order valence-electron chi connectivity index (χ0n) is 9.20. The summed E-state index contributed by atoms with van der Waals surface area (Å²) in [6, 6.07) is 3.95. The molecule has 1 aromatic heterocycles. The summed E-state index contributed by atoms with van der Waals surface area (Å²) in [7, 11) is 0. The molecule has 2 N–H and O–H groups in total. The van der Waals surface area contributed by atoms with Crippen LogP contribution in [0, 0.1) is 5.92 Å². The molecular weight excluding hydrogens is 174 g/mol. The summed E-state index contributed by atoms with van der Waals surface area (Å²) in [5.41, 5.74) is 6.14. The minimum absolute atomic E-state index is 0.0709. The predicted molar refractivity (Wildman–Crippen MR) is 58.9 cm³/mol. The van der Waals surface area contributed by atoms with E-state index in [9.17, 15) is 0 Å². The van der Waals surface area contributed by atoms with Crippen LogP contribution in [0.15, 0.2) is 22.8 Å². The molecule has 0 bridgehead atoms. The summed E-state index contributed by atoms with van der Waals surface area (Å²) in [6.45, 7) is 4.41. The van der Waals surface area contributed by atoms with Crippen molar-refractivity contribution in [3.8, 4) is 0 Å². The van der Waals surface area contributed by atoms with Gasteiger partial charge in [-0.25, -0.2) is 0 Å². The number of hydrogen-bond acceptors (Lipinski definition) is 2. The molecule has 0 aliphatic heterocycles. The highest BCUT2D eigenvalue weighted by Crippen LogP contribution is 2.26. The van der Waals surface area contributed by atoms with Crippen LogP contribution in [0.25, 0.3) is 0 Å². The third-order valence-corrected chi connectivity index (χ3v) is 2.83. The number of nitrogens with two attached hydrogens (primary N) is 1. The van der Waals surface area contributed by atoms with Gasteiger partial charge in [-0.3, -0.25) is 0 Å². The number of furan rings is 1. The van der Waals surface area contributed by atoms with Gasteiger partial charge in [-0.2, -0.15) is 0 Å². The molecule has 1 rings (SSSR count). The highest BCUT2D eigenvalue weighted by molar-refractivity contribution is 5.04. The number of unbranched alkanes of at least 4 members (excludes halogenated alkanes) is 1. The standard InChI is InChI=1S/C12H21NO/c1-3-5-7-10(4-2)12(13)11-8-6-9-14-11/h6,8-10,12H,3-5,7,13H2,1-2H3. The fraction of sp³-hybridized carbons (Fsp3) is 0.667. The zero-order valence-corrected chi connectivity index (χ0v) is 9.20. The maximum Gasteiger partial charge on any atom is 0.120 e. The van der Waals surface area contributed by atoms with Gasteiger partial charge in [0.1, 0.15) is 5.76 Å². The van der Waals surface area contributed by atoms with Gasteiger partial charge in [0.05, 0.1) is 12.3 Å². The maximum atomic E-state index is 6.14. The first-order valence-corrected chi connectivity index (χ1v) is 5.58. The molecule has 0 spiro atoms. The van der Waals surface area contributed by atoms with E-state index in [-0.39, 0.29) is 6.04 Å². The second-order valence-corrected chi connectivity index (χ2v) is 3.85. The van der Waals surface area contributed by atoms with Crippen LogP contribution in [0.4, 0.5) is 0 Å². The van der Waals surface area contributed by atoms with E-state index >= 15 is 0 Å². The Morgan fingerprint density at radius 3 is 2.71 bits per heavy atom. The fourth-order valence-corrected chi connectivity index (χ4v) is 1.82. The van der Waals surface area contributed by atoms with Gasteiger partial charge in [-0.05, 0) is 24.5 Å². The summed E-state index contributed by atoms with van der Waals surface area (Å²) in [4.78, 5) is 0. The lowest BCUT2D eigenvalue weighted by molar-refractivity contribution is 0.330. The van der Waals surface area contributed by atoms with Crippen molar-refractivity contribution in [3.05, 3.63) is 24.2 Å². The first kappa shape index (κ1) is 11.3. The van der Waals surface area contributed by atoms with Gasteiger partial charge in [0.25, 0.3) is 0 Å². The molecule has 14 heavy (non-hydrogen) atoms. The van der Waals surface area contributed by atoms with Gasteiger partial charge < -0.3 is 10.2 Å². The molecule has 0 saturated heterocycles. The Bertz CT molecular complexity index is 230. The van der Waals surface area contributed by atoms with E-state index in [1.54, 1.807) is 6.26 Å². The Kier molecular flexibility index (Phi) is 4.74. The molecule has 0 aliphatic rings. The first-order chi connectivity index (χ1) is 6.79. The summed E-state index contributed by atoms with van der Waals surface area (Å²) in [5, 5.41) is 0. The first-order valence-electron chi connectivity index (χ1n) is 5.58. The Morgan fingerprint density at radius 1 is 1.43 bits per heavy atom. The smallest absolute Gasteiger partial charge is 0.120 e. The average Bonchev–Trinajstić information content (AvgIpc) is 2.71. The van der Waals surface area contributed by atoms with Gasteiger partial charge in [0.2, 0.25) is 0 Å². The Hall–Kier alpha value is -0.760. The van der Waals surface area contributed by atoms with Crippen molar-refractivity contribution in [2.24, 2.45) is 11.7 Å². The minimum atomic E-state index is 0.0709. The summed E-state index contributed by atoms with van der Waals surface area (Å²) >= 11 is 0. The van der Waals surface area contributed by atoms with Crippen LogP contribution in [0.3, 0.4) is 0 Å². The van der Waals surface area contributed by atoms with Gasteiger partial charge >= 0.3 is 0 Å². The van der Waals surface area contributed by atoms with Crippen LogP contribution in [0.1, 0.15) is 51.3 Å². The minimum Gasteiger partial charge on any atom is -0.468 e. The van der Waals surface area contributed by atoms with Crippen molar-refractivity contribution < 1.29 is 4.42 Å². The lowest BCUT2D eigenvalue weighted by Gasteiger charge is -2.20. The molecule has 0 saturated carbocycles. The van der Waals surface area contributed by atoms with Crippen molar-refractivity contribution in [1.29, 1.82) is 0 Å². The largest absolute Gasteiger partial charge is 0.468 e. The summed E-state index contributed by atoms with van der Waals surface area (Å²) in [6.07, 6.45) is 6.52. The van der Waals surface area contributed by atoms with Gasteiger partial charge in [-0.1, -0.05) is 33.1 Å². The van der Waals surface area contributed by atoms with Gasteiger partial charge in [-0.15, -0.1) is 0 Å². The molecule has 0 amide bonds. The molecule has 2 nitrogen and oxygen atoms in total. The van der Waals surface area contributed by atoms with Gasteiger partial charge in [0, 0.05) is 0 Å². The molecule has 80 valence electrons. The van der Waals surface area contributed by atoms with E-state index in [0.717, 1.165) is 12.2 Å². The van der Waals surface area contributed by atoms with E-state index in [2.05, 4.69) is 13.8 Å². The van der Waals surface area contributed by atoms with Crippen LogP contribution in [0.2, 0.25) is 0 Å². The molecule has 0 fully saturated rings. The third-order valence-electron chi connectivity index (χ3n) is 2.83. The average molecular weight is 195 g/mol. The second-order valence-electron chi connectivity index (χ2n) is 3.85. The molecule has 1 aromatic rings. The Labute approximate surface area is 86.5 Å². The molecule has 1 heterocycles. The van der Waals surface area contributed by atoms with E-state index in [4.69, 9.17) is 10.2 Å². The summed E-state index contributed by atoms with van der Waals surface area (Å²) in [5.74, 6) is 1.48. The molecular formula is C12H21NO. The van der Waals surface area contributed by atoms with E-state index in [1.807, 2.05) is 12.1 Å². The normalized spacial score (nSPS) is 15.4. The molecule has 2 atom stereocenters. The molecule has 0 radical (unpaired) electrons. The lowest BCUT2D eigenvalue weighted by atomic mass is 9.90. The molecule has 0 aliphatic carbocycles. The van der Waals surface area contributed by atoms with Crippen molar-refractivity contribution in [3.63, 3.8) is 0 Å². The fourth-order valence-electron chi connectivity index (χ4n) is 1.82. The maximum absolute atomic E-state index is 6.14. The van der Waals surface area contributed by atoms with Crippen LogP contribution in [-0.2, 0) is 0 Å². The molecule has 2 heteroatoms. The van der Waals surface area contributed by atoms with Crippen LogP contribution in [-0.4, -0.2) is 0 Å². The van der Waals surface area contributed by atoms with Gasteiger partial charge in [0.15, 0.2) is 0 Å². The van der Waals surface area contributed by atoms with Crippen LogP contribution >= 0.6 is 0 Å². The lowest BCUT2D eigenvalue weighted by Crippen LogP contribution is -2.20. The highest BCUT2D eigenvalue weighted by Gasteiger charge is 2.19. The van der Waals surface area contributed by atoms with E-state index in [1.165, 1.54) is 19.3 Å². The molecule has 2 unspecified atom stereocenters. The second kappa shape index (κ2) is 5.86. The van der Waals surface area contributed by atoms with E-state index < -0.39 is 0 Å². The monoisotopic (exact) mass is 195 g/mol. The van der Waals surface area contributed by atoms with Crippen LogP contribution < -0.4 is 5.73 Å². The van der Waals surface area contributed by atoms with E-state index in [0.29, 0.717) is 5.92 Å². The number of hydrogen-bond donors (Lipinski definition) is 1. The van der Waals surface area contributed by atoms with Crippen molar-refractivity contribution >= 4 is 0 Å². The summed E-state index contributed by atoms with van der Waals surface area (Å²) < 4.78 is 5.33. The topological polar surface area (TPSA) is 39.2 Å². The zero-order chi connectivity index (χ0) is 10.4. The van der Waals surface area contributed by atoms with Crippen molar-refractivity contribution in [2.45, 2.75) is 45.6 Å². The number of rotatable bonds is 6.